The third kappa shape index (κ3) is 3.04. The molecule has 2 heterocycles. The van der Waals surface area contributed by atoms with Gasteiger partial charge in [-0.25, -0.2) is 0 Å². The topological polar surface area (TPSA) is 68.5 Å². The van der Waals surface area contributed by atoms with Crippen molar-refractivity contribution in [3.63, 3.8) is 0 Å². The normalized spacial score (nSPS) is 35.8. The van der Waals surface area contributed by atoms with Crippen molar-refractivity contribution < 1.29 is 9.90 Å². The number of hydrogen-bond donors (Lipinski definition) is 0. The lowest BCUT2D eigenvalue weighted by Gasteiger charge is -2.68. The molecule has 0 radical (unpaired) electrons. The van der Waals surface area contributed by atoms with Crippen LogP contribution in [0.15, 0.2) is 41.3 Å². The molecule has 38 heavy (non-hydrogen) atoms. The van der Waals surface area contributed by atoms with Crippen LogP contribution in [0.4, 0.5) is 0 Å². The summed E-state index contributed by atoms with van der Waals surface area (Å²) < 4.78 is 1.62. The van der Waals surface area contributed by atoms with Gasteiger partial charge in [0.1, 0.15) is 0 Å². The Morgan fingerprint density at radius 2 is 1.97 bits per heavy atom. The first kappa shape index (κ1) is 24.4. The molecule has 4 aliphatic carbocycles. The number of likely N-dealkylation sites (tertiary alicyclic amines) is 1. The molecule has 1 aliphatic heterocycles. The summed E-state index contributed by atoms with van der Waals surface area (Å²) in [6, 6.07) is 11.1. The first-order valence-corrected chi connectivity index (χ1v) is 14.9. The summed E-state index contributed by atoms with van der Waals surface area (Å²) in [7, 11) is 1.99. The van der Waals surface area contributed by atoms with Crippen LogP contribution in [0.25, 0.3) is 0 Å². The van der Waals surface area contributed by atoms with Crippen LogP contribution in [0.2, 0.25) is 0 Å². The number of rotatable bonds is 4. The Morgan fingerprint density at radius 3 is 2.71 bits per heavy atom. The Balaban J connectivity index is 1.32. The molecule has 1 aromatic carbocycles. The molecule has 5 aliphatic rings. The number of aromatic nitrogens is 1. The summed E-state index contributed by atoms with van der Waals surface area (Å²) in [5.41, 5.74) is 3.70. The number of amides is 1. The quantitative estimate of drug-likeness (QED) is 0.569. The molecule has 5 unspecified atom stereocenters. The van der Waals surface area contributed by atoms with E-state index >= 15 is 0 Å². The number of pyridine rings is 1. The molecule has 6 nitrogen and oxygen atoms in total. The van der Waals surface area contributed by atoms with E-state index in [0.717, 1.165) is 38.3 Å². The number of nitrogens with zero attached hydrogens (tertiary/aromatic N) is 3. The third-order valence-electron chi connectivity index (χ3n) is 11.8. The minimum Gasteiger partial charge on any atom is -0.593 e. The molecule has 7 rings (SSSR count). The summed E-state index contributed by atoms with van der Waals surface area (Å²) in [5, 5.41) is 8.59. The van der Waals surface area contributed by atoms with Gasteiger partial charge in [-0.2, -0.15) is 0 Å². The maximum atomic E-state index is 13.9. The molecule has 3 saturated carbocycles. The van der Waals surface area contributed by atoms with E-state index in [1.54, 1.807) is 16.8 Å². The lowest BCUT2D eigenvalue weighted by atomic mass is 9.43. The van der Waals surface area contributed by atoms with Crippen molar-refractivity contribution in [3.05, 3.63) is 63.6 Å². The smallest absolute Gasteiger partial charge is 0.255 e. The second kappa shape index (κ2) is 8.45. The average Bonchev–Trinajstić information content (AvgIpc) is 3.05. The van der Waals surface area contributed by atoms with Gasteiger partial charge >= 0.3 is 0 Å². The summed E-state index contributed by atoms with van der Waals surface area (Å²) >= 11 is 0. The van der Waals surface area contributed by atoms with E-state index in [9.17, 15) is 9.59 Å². The average molecular weight is 517 g/mol. The molecule has 2 aromatic rings. The Bertz CT molecular complexity index is 1350. The van der Waals surface area contributed by atoms with Crippen molar-refractivity contribution >= 4 is 5.91 Å². The van der Waals surface area contributed by atoms with E-state index in [0.29, 0.717) is 35.7 Å². The molecular formula is C32H42N3O3+. The van der Waals surface area contributed by atoms with Crippen LogP contribution >= 0.6 is 0 Å². The molecule has 4 fully saturated rings. The van der Waals surface area contributed by atoms with E-state index in [4.69, 9.17) is 5.11 Å². The van der Waals surface area contributed by atoms with Crippen molar-refractivity contribution in [2.24, 2.45) is 17.3 Å². The van der Waals surface area contributed by atoms with Crippen molar-refractivity contribution in [3.8, 4) is 5.75 Å². The second-order valence-corrected chi connectivity index (χ2v) is 13.1. The fourth-order valence-corrected chi connectivity index (χ4v) is 10.2. The summed E-state index contributed by atoms with van der Waals surface area (Å²) in [6.45, 7) is 6.09. The number of piperidine rings is 1. The monoisotopic (exact) mass is 516 g/mol. The molecule has 2 N–H and O–H groups in total. The Labute approximate surface area is 225 Å². The number of hydrogen-bond acceptors (Lipinski definition) is 3. The van der Waals surface area contributed by atoms with E-state index in [-0.39, 0.29) is 28.3 Å². The SMILES string of the molecule is CCn1cc(C(=O)N(C)C2CCC34C[C@H](C)C2C32CCN(C3CCC3)C4Cc3ccc([OH2+])cc32)ccc1=O. The van der Waals surface area contributed by atoms with Crippen molar-refractivity contribution in [1.82, 2.24) is 14.4 Å². The Morgan fingerprint density at radius 1 is 1.16 bits per heavy atom. The van der Waals surface area contributed by atoms with Crippen LogP contribution in [0.3, 0.4) is 0 Å². The molecule has 6 heteroatoms. The van der Waals surface area contributed by atoms with Gasteiger partial charge in [-0.3, -0.25) is 14.5 Å². The van der Waals surface area contributed by atoms with Gasteiger partial charge in [0.05, 0.1) is 5.56 Å². The molecule has 202 valence electrons. The van der Waals surface area contributed by atoms with Crippen molar-refractivity contribution in [2.45, 2.75) is 95.3 Å². The Hall–Kier alpha value is -2.60. The first-order chi connectivity index (χ1) is 18.3. The second-order valence-electron chi connectivity index (χ2n) is 13.1. The summed E-state index contributed by atoms with van der Waals surface area (Å²) in [4.78, 5) is 31.0. The van der Waals surface area contributed by atoms with Crippen LogP contribution in [0, 0.1) is 17.3 Å². The van der Waals surface area contributed by atoms with E-state index in [1.807, 2.05) is 24.9 Å². The zero-order valence-corrected chi connectivity index (χ0v) is 23.1. The lowest BCUT2D eigenvalue weighted by molar-refractivity contribution is -0.124. The fraction of sp³-hybridized carbons (Fsp3) is 0.625. The highest BCUT2D eigenvalue weighted by Crippen LogP contribution is 2.74. The number of aryl methyl sites for hydroxylation is 1. The van der Waals surface area contributed by atoms with Crippen LogP contribution in [-0.2, 0) is 18.4 Å². The van der Waals surface area contributed by atoms with Crippen LogP contribution < -0.4 is 5.56 Å². The van der Waals surface area contributed by atoms with Gasteiger partial charge in [-0.1, -0.05) is 13.3 Å². The molecule has 6 atom stereocenters. The maximum absolute atomic E-state index is 13.9. The maximum Gasteiger partial charge on any atom is 0.255 e. The van der Waals surface area contributed by atoms with Gasteiger partial charge in [0.15, 0.2) is 0 Å². The van der Waals surface area contributed by atoms with Crippen LogP contribution in [0.1, 0.15) is 80.3 Å². The molecule has 1 aromatic heterocycles. The summed E-state index contributed by atoms with van der Waals surface area (Å²) in [6.07, 6.45) is 11.5. The highest BCUT2D eigenvalue weighted by Gasteiger charge is 2.74. The minimum absolute atomic E-state index is 0.0222. The standard InChI is InChI=1S/C32H41N3O3/c1-4-34-19-22(9-11-28(34)37)30(38)33(3)26-12-13-31-18-20(2)29(26)32(31)14-15-35(23-6-5-7-23)27(31)16-21-8-10-24(36)17-25(21)32/h8-11,17,19-20,23,26-27,29,36H,4-7,12-16,18H2,1-3H3/p+1/t20-,26?,27?,29?,31?,32?/m0/s1. The molecular weight excluding hydrogens is 474 g/mol. The summed E-state index contributed by atoms with van der Waals surface area (Å²) in [5.74, 6) is 1.54. The van der Waals surface area contributed by atoms with E-state index in [1.165, 1.54) is 42.9 Å². The zero-order valence-electron chi connectivity index (χ0n) is 23.1. The highest BCUT2D eigenvalue weighted by molar-refractivity contribution is 5.94. The van der Waals surface area contributed by atoms with Gasteiger partial charge < -0.3 is 14.6 Å². The molecule has 1 saturated heterocycles. The van der Waals surface area contributed by atoms with Gasteiger partial charge in [0.25, 0.3) is 17.2 Å². The van der Waals surface area contributed by atoms with Crippen LogP contribution in [-0.4, -0.2) is 57.1 Å². The largest absolute Gasteiger partial charge is 0.593 e. The first-order valence-electron chi connectivity index (χ1n) is 14.9. The highest BCUT2D eigenvalue weighted by atomic mass is 16.3. The van der Waals surface area contributed by atoms with Crippen molar-refractivity contribution in [2.75, 3.05) is 13.6 Å². The number of carbonyl (C=O) groups excluding carboxylic acids is 1. The minimum atomic E-state index is -0.0632. The predicted octanol–water partition coefficient (Wildman–Crippen LogP) is 4.30. The number of carbonyl (C=O) groups is 1. The van der Waals surface area contributed by atoms with E-state index < -0.39 is 0 Å². The fourth-order valence-electron chi connectivity index (χ4n) is 10.2. The lowest BCUT2D eigenvalue weighted by Crippen LogP contribution is -2.71. The van der Waals surface area contributed by atoms with Crippen LogP contribution in [0.5, 0.6) is 5.75 Å². The van der Waals surface area contributed by atoms with E-state index in [2.05, 4.69) is 24.0 Å². The Kier molecular flexibility index (Phi) is 5.43. The molecule has 4 bridgehead atoms. The third-order valence-corrected chi connectivity index (χ3v) is 11.8. The van der Waals surface area contributed by atoms with Gasteiger partial charge in [-0.15, -0.1) is 0 Å². The van der Waals surface area contributed by atoms with Gasteiger partial charge in [-0.05, 0) is 98.9 Å². The number of fused-ring (bicyclic) bond motifs is 1. The predicted molar refractivity (Wildman–Crippen MR) is 149 cm³/mol. The number of benzene rings is 1. The van der Waals surface area contributed by atoms with Gasteiger partial charge in [0.2, 0.25) is 0 Å². The zero-order chi connectivity index (χ0) is 26.4. The molecule has 0 spiro atoms. The van der Waals surface area contributed by atoms with Gasteiger partial charge in [0, 0.05) is 61.5 Å². The van der Waals surface area contributed by atoms with Crippen molar-refractivity contribution in [1.29, 1.82) is 0 Å². The molecule has 1 amide bonds.